The van der Waals surface area contributed by atoms with Crippen molar-refractivity contribution in [2.24, 2.45) is 11.8 Å². The molecule has 1 saturated heterocycles. The molecule has 1 amide bonds. The van der Waals surface area contributed by atoms with Crippen molar-refractivity contribution >= 4 is 5.91 Å². The summed E-state index contributed by atoms with van der Waals surface area (Å²) in [5.74, 6) is 1.45. The Morgan fingerprint density at radius 1 is 1.30 bits per heavy atom. The van der Waals surface area contributed by atoms with Crippen molar-refractivity contribution in [1.29, 1.82) is 0 Å². The Kier molecular flexibility index (Phi) is 3.79. The Balaban J connectivity index is 1.62. The van der Waals surface area contributed by atoms with Gasteiger partial charge in [-0.1, -0.05) is 36.2 Å². The first-order valence-electron chi connectivity index (χ1n) is 7.75. The largest absolute Gasteiger partial charge is 0.348 e. The Morgan fingerprint density at radius 3 is 2.80 bits per heavy atom. The molecule has 0 spiro atoms. The van der Waals surface area contributed by atoms with E-state index in [-0.39, 0.29) is 18.0 Å². The number of rotatable bonds is 3. The van der Waals surface area contributed by atoms with Crippen LogP contribution >= 0.6 is 0 Å². The van der Waals surface area contributed by atoms with Crippen LogP contribution in [0.15, 0.2) is 24.3 Å². The zero-order valence-corrected chi connectivity index (χ0v) is 12.4. The van der Waals surface area contributed by atoms with Crippen LogP contribution in [0, 0.1) is 18.8 Å². The third kappa shape index (κ3) is 2.59. The lowest BCUT2D eigenvalue weighted by Gasteiger charge is -2.21. The van der Waals surface area contributed by atoms with E-state index in [9.17, 15) is 4.79 Å². The molecule has 1 aliphatic heterocycles. The van der Waals surface area contributed by atoms with Gasteiger partial charge in [0.1, 0.15) is 0 Å². The van der Waals surface area contributed by atoms with Crippen LogP contribution in [0.5, 0.6) is 0 Å². The van der Waals surface area contributed by atoms with Crippen LogP contribution < -0.4 is 10.6 Å². The lowest BCUT2D eigenvalue weighted by Crippen LogP contribution is -2.44. The molecular formula is C17H24N2O. The zero-order chi connectivity index (χ0) is 14.1. The van der Waals surface area contributed by atoms with Gasteiger partial charge in [-0.3, -0.25) is 4.79 Å². The molecule has 108 valence electrons. The number of benzene rings is 1. The number of aryl methyl sites for hydroxylation is 1. The minimum Gasteiger partial charge on any atom is -0.348 e. The van der Waals surface area contributed by atoms with Crippen molar-refractivity contribution in [3.63, 3.8) is 0 Å². The summed E-state index contributed by atoms with van der Waals surface area (Å²) < 4.78 is 0. The van der Waals surface area contributed by atoms with E-state index < -0.39 is 0 Å². The van der Waals surface area contributed by atoms with E-state index in [1.807, 2.05) is 0 Å². The molecular weight excluding hydrogens is 248 g/mol. The van der Waals surface area contributed by atoms with Gasteiger partial charge in [-0.15, -0.1) is 0 Å². The molecule has 3 unspecified atom stereocenters. The highest BCUT2D eigenvalue weighted by Crippen LogP contribution is 2.37. The SMILES string of the molecule is Cc1ccc([C@@H](C)NC(=O)C2NCC3CCCC32)cc1. The van der Waals surface area contributed by atoms with E-state index in [4.69, 9.17) is 0 Å². The summed E-state index contributed by atoms with van der Waals surface area (Å²) in [6, 6.07) is 8.49. The maximum Gasteiger partial charge on any atom is 0.237 e. The second-order valence-electron chi connectivity index (χ2n) is 6.38. The van der Waals surface area contributed by atoms with Crippen LogP contribution in [-0.4, -0.2) is 18.5 Å². The molecule has 2 N–H and O–H groups in total. The van der Waals surface area contributed by atoms with Gasteiger partial charge in [0.25, 0.3) is 0 Å². The minimum atomic E-state index is 0.0235. The molecule has 2 fully saturated rings. The Hall–Kier alpha value is -1.35. The third-order valence-electron chi connectivity index (χ3n) is 4.96. The van der Waals surface area contributed by atoms with E-state index in [1.54, 1.807) is 0 Å². The highest BCUT2D eigenvalue weighted by Gasteiger charge is 2.42. The topological polar surface area (TPSA) is 41.1 Å². The molecule has 1 aromatic rings. The molecule has 1 saturated carbocycles. The lowest BCUT2D eigenvalue weighted by atomic mass is 9.93. The summed E-state index contributed by atoms with van der Waals surface area (Å²) in [5, 5.41) is 6.58. The van der Waals surface area contributed by atoms with Crippen molar-refractivity contribution in [3.8, 4) is 0 Å². The van der Waals surface area contributed by atoms with Crippen molar-refractivity contribution < 1.29 is 4.79 Å². The second-order valence-corrected chi connectivity index (χ2v) is 6.38. The van der Waals surface area contributed by atoms with Crippen LogP contribution in [0.25, 0.3) is 0 Å². The molecule has 1 aromatic carbocycles. The van der Waals surface area contributed by atoms with Crippen molar-refractivity contribution in [2.45, 2.75) is 45.2 Å². The molecule has 20 heavy (non-hydrogen) atoms. The Labute approximate surface area is 121 Å². The average Bonchev–Trinajstić information content (AvgIpc) is 3.01. The highest BCUT2D eigenvalue weighted by atomic mass is 16.2. The number of carbonyl (C=O) groups excluding carboxylic acids is 1. The van der Waals surface area contributed by atoms with Gasteiger partial charge in [-0.25, -0.2) is 0 Å². The first kappa shape index (κ1) is 13.6. The van der Waals surface area contributed by atoms with E-state index in [0.29, 0.717) is 5.92 Å². The fourth-order valence-electron chi connectivity index (χ4n) is 3.72. The fraction of sp³-hybridized carbons (Fsp3) is 0.588. The molecule has 4 atom stereocenters. The predicted octanol–water partition coefficient (Wildman–Crippen LogP) is 2.56. The van der Waals surface area contributed by atoms with E-state index >= 15 is 0 Å². The second kappa shape index (κ2) is 5.57. The van der Waals surface area contributed by atoms with Gasteiger partial charge in [-0.2, -0.15) is 0 Å². The molecule has 0 bridgehead atoms. The van der Waals surface area contributed by atoms with Gasteiger partial charge >= 0.3 is 0 Å². The van der Waals surface area contributed by atoms with Gasteiger partial charge < -0.3 is 10.6 Å². The first-order valence-corrected chi connectivity index (χ1v) is 7.75. The number of carbonyl (C=O) groups is 1. The summed E-state index contributed by atoms with van der Waals surface area (Å²) >= 11 is 0. The van der Waals surface area contributed by atoms with Gasteiger partial charge in [0.05, 0.1) is 12.1 Å². The van der Waals surface area contributed by atoms with Gasteiger partial charge in [0.2, 0.25) is 5.91 Å². The standard InChI is InChI=1S/C17H24N2O/c1-11-6-8-13(9-7-11)12(2)19-17(20)16-15-5-3-4-14(15)10-18-16/h6-9,12,14-16,18H,3-5,10H2,1-2H3,(H,19,20)/t12-,14?,15?,16?/m1/s1. The molecule has 3 heteroatoms. The van der Waals surface area contributed by atoms with Crippen molar-refractivity contribution in [1.82, 2.24) is 10.6 Å². The van der Waals surface area contributed by atoms with Crippen LogP contribution in [0.1, 0.15) is 43.4 Å². The van der Waals surface area contributed by atoms with Crippen molar-refractivity contribution in [2.75, 3.05) is 6.54 Å². The van der Waals surface area contributed by atoms with Gasteiger partial charge in [0.15, 0.2) is 0 Å². The number of nitrogens with one attached hydrogen (secondary N) is 2. The monoisotopic (exact) mass is 272 g/mol. The van der Waals surface area contributed by atoms with E-state index in [0.717, 1.165) is 12.5 Å². The quantitative estimate of drug-likeness (QED) is 0.888. The van der Waals surface area contributed by atoms with Crippen LogP contribution in [-0.2, 0) is 4.79 Å². The fourth-order valence-corrected chi connectivity index (χ4v) is 3.72. The molecule has 1 aliphatic carbocycles. The molecule has 2 aliphatic rings. The average molecular weight is 272 g/mol. The summed E-state index contributed by atoms with van der Waals surface area (Å²) in [4.78, 5) is 12.5. The number of hydrogen-bond donors (Lipinski definition) is 2. The summed E-state index contributed by atoms with van der Waals surface area (Å²) in [7, 11) is 0. The Morgan fingerprint density at radius 2 is 2.05 bits per heavy atom. The first-order chi connectivity index (χ1) is 9.65. The Bertz CT molecular complexity index is 482. The summed E-state index contributed by atoms with van der Waals surface area (Å²) in [6.07, 6.45) is 3.78. The molecule has 3 nitrogen and oxygen atoms in total. The predicted molar refractivity (Wildman–Crippen MR) is 80.4 cm³/mol. The number of amides is 1. The maximum atomic E-state index is 12.5. The summed E-state index contributed by atoms with van der Waals surface area (Å²) in [6.45, 7) is 5.15. The third-order valence-corrected chi connectivity index (χ3v) is 4.96. The normalized spacial score (nSPS) is 30.0. The molecule has 1 heterocycles. The zero-order valence-electron chi connectivity index (χ0n) is 12.4. The minimum absolute atomic E-state index is 0.0235. The van der Waals surface area contributed by atoms with Gasteiger partial charge in [-0.05, 0) is 50.6 Å². The smallest absolute Gasteiger partial charge is 0.237 e. The van der Waals surface area contributed by atoms with Crippen LogP contribution in [0.2, 0.25) is 0 Å². The van der Waals surface area contributed by atoms with Crippen LogP contribution in [0.4, 0.5) is 0 Å². The van der Waals surface area contributed by atoms with E-state index in [1.165, 1.54) is 30.4 Å². The van der Waals surface area contributed by atoms with Crippen molar-refractivity contribution in [3.05, 3.63) is 35.4 Å². The molecule has 0 aromatic heterocycles. The van der Waals surface area contributed by atoms with E-state index in [2.05, 4.69) is 48.7 Å². The van der Waals surface area contributed by atoms with Crippen LogP contribution in [0.3, 0.4) is 0 Å². The summed E-state index contributed by atoms with van der Waals surface area (Å²) in [5.41, 5.74) is 2.42. The number of hydrogen-bond acceptors (Lipinski definition) is 2. The molecule has 0 radical (unpaired) electrons. The lowest BCUT2D eigenvalue weighted by molar-refractivity contribution is -0.124. The molecule has 3 rings (SSSR count). The number of fused-ring (bicyclic) bond motifs is 1. The maximum absolute atomic E-state index is 12.5. The van der Waals surface area contributed by atoms with Gasteiger partial charge in [0, 0.05) is 0 Å². The highest BCUT2D eigenvalue weighted by molar-refractivity contribution is 5.83.